The number of hydrogen-bond acceptors (Lipinski definition) is 3. The molecule has 1 fully saturated rings. The van der Waals surface area contributed by atoms with Crippen LogP contribution in [0.5, 0.6) is 0 Å². The predicted octanol–water partition coefficient (Wildman–Crippen LogP) is -0.979. The van der Waals surface area contributed by atoms with Crippen molar-refractivity contribution in [1.82, 2.24) is 4.90 Å². The minimum atomic E-state index is -0.983. The van der Waals surface area contributed by atoms with Gasteiger partial charge in [-0.2, -0.15) is 0 Å². The summed E-state index contributed by atoms with van der Waals surface area (Å²) in [4.78, 5) is 22.7. The Morgan fingerprint density at radius 3 is 2.42 bits per heavy atom. The van der Waals surface area contributed by atoms with E-state index in [-0.39, 0.29) is 25.0 Å². The number of carbonyl (C=O) groups is 2. The molecule has 0 aromatic rings. The second-order valence-corrected chi connectivity index (χ2v) is 2.85. The summed E-state index contributed by atoms with van der Waals surface area (Å²) in [5.74, 6) is -1.26. The van der Waals surface area contributed by atoms with Gasteiger partial charge in [-0.15, -0.1) is 0 Å². The van der Waals surface area contributed by atoms with Crippen molar-refractivity contribution in [2.45, 2.75) is 18.9 Å². The molecule has 1 amide bonds. The standard InChI is InChI=1S/C7H12N2O3/c8-3-6(10)9(4-7(11)12)5-1-2-5/h5H,1-4,8H2,(H,11,12). The summed E-state index contributed by atoms with van der Waals surface area (Å²) >= 11 is 0. The average molecular weight is 172 g/mol. The third-order valence-corrected chi connectivity index (χ3v) is 1.79. The maximum Gasteiger partial charge on any atom is 0.323 e. The molecule has 0 aromatic heterocycles. The molecular formula is C7H12N2O3. The maximum atomic E-state index is 11.1. The highest BCUT2D eigenvalue weighted by Crippen LogP contribution is 2.26. The van der Waals surface area contributed by atoms with E-state index in [4.69, 9.17) is 10.8 Å². The molecule has 0 atom stereocenters. The van der Waals surface area contributed by atoms with Crippen molar-refractivity contribution in [3.63, 3.8) is 0 Å². The van der Waals surface area contributed by atoms with Gasteiger partial charge in [-0.05, 0) is 12.8 Å². The first kappa shape index (κ1) is 8.99. The lowest BCUT2D eigenvalue weighted by Gasteiger charge is -2.18. The Hall–Kier alpha value is -1.10. The number of nitrogens with two attached hydrogens (primary N) is 1. The first-order chi connectivity index (χ1) is 5.65. The molecule has 0 aliphatic heterocycles. The van der Waals surface area contributed by atoms with E-state index in [9.17, 15) is 9.59 Å². The van der Waals surface area contributed by atoms with Crippen molar-refractivity contribution in [3.8, 4) is 0 Å². The fourth-order valence-electron chi connectivity index (χ4n) is 1.07. The number of aliphatic carboxylic acids is 1. The highest BCUT2D eigenvalue weighted by Gasteiger charge is 2.32. The largest absolute Gasteiger partial charge is 0.480 e. The molecule has 5 nitrogen and oxygen atoms in total. The van der Waals surface area contributed by atoms with Gasteiger partial charge in [-0.25, -0.2) is 0 Å². The monoisotopic (exact) mass is 172 g/mol. The summed E-state index contributed by atoms with van der Waals surface area (Å²) < 4.78 is 0. The Morgan fingerprint density at radius 2 is 2.08 bits per heavy atom. The van der Waals surface area contributed by atoms with E-state index >= 15 is 0 Å². The van der Waals surface area contributed by atoms with Crippen LogP contribution >= 0.6 is 0 Å². The molecule has 1 aliphatic carbocycles. The summed E-state index contributed by atoms with van der Waals surface area (Å²) in [6, 6.07) is 0.122. The van der Waals surface area contributed by atoms with Crippen LogP contribution in [0.2, 0.25) is 0 Å². The third kappa shape index (κ3) is 2.20. The molecule has 0 saturated heterocycles. The smallest absolute Gasteiger partial charge is 0.323 e. The van der Waals surface area contributed by atoms with Crippen molar-refractivity contribution >= 4 is 11.9 Å². The zero-order valence-corrected chi connectivity index (χ0v) is 6.69. The lowest BCUT2D eigenvalue weighted by atomic mass is 10.4. The average Bonchev–Trinajstić information content (AvgIpc) is 2.81. The lowest BCUT2D eigenvalue weighted by Crippen LogP contribution is -2.40. The number of carboxylic acids is 1. The van der Waals surface area contributed by atoms with E-state index < -0.39 is 5.97 Å². The van der Waals surface area contributed by atoms with Crippen molar-refractivity contribution in [2.75, 3.05) is 13.1 Å². The normalized spacial score (nSPS) is 15.8. The van der Waals surface area contributed by atoms with Crippen LogP contribution in [0, 0.1) is 0 Å². The second kappa shape index (κ2) is 3.53. The number of nitrogens with zero attached hydrogens (tertiary/aromatic N) is 1. The van der Waals surface area contributed by atoms with E-state index in [0.717, 1.165) is 12.8 Å². The van der Waals surface area contributed by atoms with Gasteiger partial charge in [0, 0.05) is 6.04 Å². The highest BCUT2D eigenvalue weighted by atomic mass is 16.4. The molecule has 5 heteroatoms. The first-order valence-corrected chi connectivity index (χ1v) is 3.86. The molecule has 0 radical (unpaired) electrons. The van der Waals surface area contributed by atoms with E-state index in [1.165, 1.54) is 4.90 Å². The zero-order valence-electron chi connectivity index (χ0n) is 6.69. The van der Waals surface area contributed by atoms with Gasteiger partial charge < -0.3 is 15.7 Å². The van der Waals surface area contributed by atoms with Crippen LogP contribution in [-0.4, -0.2) is 41.0 Å². The molecule has 1 aliphatic rings. The van der Waals surface area contributed by atoms with Gasteiger partial charge in [0.15, 0.2) is 0 Å². The van der Waals surface area contributed by atoms with Crippen molar-refractivity contribution < 1.29 is 14.7 Å². The van der Waals surface area contributed by atoms with Gasteiger partial charge in [0.1, 0.15) is 6.54 Å². The van der Waals surface area contributed by atoms with Gasteiger partial charge >= 0.3 is 5.97 Å². The molecule has 0 aromatic carbocycles. The van der Waals surface area contributed by atoms with Crippen LogP contribution in [0.1, 0.15) is 12.8 Å². The molecule has 1 rings (SSSR count). The Kier molecular flexibility index (Phi) is 2.65. The molecule has 0 unspecified atom stereocenters. The lowest BCUT2D eigenvalue weighted by molar-refractivity contribution is -0.144. The topological polar surface area (TPSA) is 83.6 Å². The molecule has 3 N–H and O–H groups in total. The van der Waals surface area contributed by atoms with E-state index in [1.54, 1.807) is 0 Å². The van der Waals surface area contributed by atoms with Gasteiger partial charge in [0.25, 0.3) is 0 Å². The Bertz CT molecular complexity index is 201. The predicted molar refractivity (Wildman–Crippen MR) is 41.4 cm³/mol. The van der Waals surface area contributed by atoms with E-state index in [2.05, 4.69) is 0 Å². The van der Waals surface area contributed by atoms with Crippen LogP contribution in [0.3, 0.4) is 0 Å². The van der Waals surface area contributed by atoms with Gasteiger partial charge in [0.05, 0.1) is 6.54 Å². The minimum absolute atomic E-state index is 0.107. The van der Waals surface area contributed by atoms with Crippen LogP contribution in [0.25, 0.3) is 0 Å². The van der Waals surface area contributed by atoms with E-state index in [1.807, 2.05) is 0 Å². The summed E-state index contributed by atoms with van der Waals surface area (Å²) in [5.41, 5.74) is 5.13. The van der Waals surface area contributed by atoms with Crippen LogP contribution in [0.4, 0.5) is 0 Å². The van der Waals surface area contributed by atoms with Crippen LogP contribution in [0.15, 0.2) is 0 Å². The molecule has 12 heavy (non-hydrogen) atoms. The fourth-order valence-corrected chi connectivity index (χ4v) is 1.07. The summed E-state index contributed by atoms with van der Waals surface area (Å²) in [6.45, 7) is -0.329. The molecule has 1 saturated carbocycles. The Labute approximate surface area is 70.1 Å². The molecule has 0 heterocycles. The molecule has 0 bridgehead atoms. The van der Waals surface area contributed by atoms with Crippen molar-refractivity contribution in [3.05, 3.63) is 0 Å². The second-order valence-electron chi connectivity index (χ2n) is 2.85. The first-order valence-electron chi connectivity index (χ1n) is 3.86. The molecular weight excluding hydrogens is 160 g/mol. The third-order valence-electron chi connectivity index (χ3n) is 1.79. The zero-order chi connectivity index (χ0) is 9.14. The quantitative estimate of drug-likeness (QED) is 0.571. The Morgan fingerprint density at radius 1 is 1.50 bits per heavy atom. The molecule has 0 spiro atoms. The van der Waals surface area contributed by atoms with Crippen molar-refractivity contribution in [2.24, 2.45) is 5.73 Å². The van der Waals surface area contributed by atoms with Gasteiger partial charge in [0.2, 0.25) is 5.91 Å². The Balaban J connectivity index is 2.48. The van der Waals surface area contributed by atoms with Crippen LogP contribution in [-0.2, 0) is 9.59 Å². The number of amides is 1. The summed E-state index contributed by atoms with van der Waals surface area (Å²) in [7, 11) is 0. The number of hydrogen-bond donors (Lipinski definition) is 2. The van der Waals surface area contributed by atoms with Crippen molar-refractivity contribution in [1.29, 1.82) is 0 Å². The summed E-state index contributed by atoms with van der Waals surface area (Å²) in [5, 5.41) is 8.47. The SMILES string of the molecule is NCC(=O)N(CC(=O)O)C1CC1. The van der Waals surface area contributed by atoms with Gasteiger partial charge in [-0.3, -0.25) is 9.59 Å². The maximum absolute atomic E-state index is 11.1. The fraction of sp³-hybridized carbons (Fsp3) is 0.714. The molecule has 68 valence electrons. The van der Waals surface area contributed by atoms with E-state index in [0.29, 0.717) is 0 Å². The number of carboxylic acid groups (broad SMARTS) is 1. The summed E-state index contributed by atoms with van der Waals surface area (Å²) in [6.07, 6.45) is 1.80. The highest BCUT2D eigenvalue weighted by molar-refractivity contribution is 5.83. The number of rotatable bonds is 4. The van der Waals surface area contributed by atoms with Crippen LogP contribution < -0.4 is 5.73 Å². The number of carbonyl (C=O) groups excluding carboxylic acids is 1. The minimum Gasteiger partial charge on any atom is -0.480 e. The van der Waals surface area contributed by atoms with Gasteiger partial charge in [-0.1, -0.05) is 0 Å².